The predicted octanol–water partition coefficient (Wildman–Crippen LogP) is 5.47. The second-order valence-corrected chi connectivity index (χ2v) is 10.4. The van der Waals surface area contributed by atoms with Gasteiger partial charge in [-0.15, -0.1) is 0 Å². The zero-order valence-corrected chi connectivity index (χ0v) is 23.4. The number of ether oxygens (including phenoxy) is 1. The number of benzene rings is 3. The van der Waals surface area contributed by atoms with Gasteiger partial charge in [0.05, 0.1) is 30.6 Å². The van der Waals surface area contributed by atoms with Crippen LogP contribution in [0.5, 0.6) is 5.75 Å². The Morgan fingerprint density at radius 3 is 2.71 bits per heavy atom. The average molecular weight is 571 g/mol. The monoisotopic (exact) mass is 570 g/mol. The lowest BCUT2D eigenvalue weighted by Gasteiger charge is -2.17. The van der Waals surface area contributed by atoms with Crippen molar-refractivity contribution in [1.82, 2.24) is 20.2 Å². The maximum Gasteiger partial charge on any atom is 0.253 e. The van der Waals surface area contributed by atoms with Crippen molar-refractivity contribution in [2.24, 2.45) is 4.99 Å². The second kappa shape index (κ2) is 11.3. The van der Waals surface area contributed by atoms with Crippen LogP contribution in [0.2, 0.25) is 5.02 Å². The van der Waals surface area contributed by atoms with Gasteiger partial charge >= 0.3 is 0 Å². The summed E-state index contributed by atoms with van der Waals surface area (Å²) in [7, 11) is 3.42. The van der Waals surface area contributed by atoms with Crippen molar-refractivity contribution in [3.05, 3.63) is 100.0 Å². The molecular formula is C31H28ClFN6O2. The minimum absolute atomic E-state index is 0.0214. The lowest BCUT2D eigenvalue weighted by Crippen LogP contribution is -2.33. The third kappa shape index (κ3) is 5.26. The summed E-state index contributed by atoms with van der Waals surface area (Å²) < 4.78 is 20.6. The summed E-state index contributed by atoms with van der Waals surface area (Å²) >= 11 is 6.40. The third-order valence-corrected chi connectivity index (χ3v) is 7.70. The quantitative estimate of drug-likeness (QED) is 0.319. The minimum atomic E-state index is -0.443. The lowest BCUT2D eigenvalue weighted by molar-refractivity contribution is 0.0789. The van der Waals surface area contributed by atoms with E-state index in [1.807, 2.05) is 30.1 Å². The molecule has 1 aromatic heterocycles. The van der Waals surface area contributed by atoms with Gasteiger partial charge in [-0.3, -0.25) is 9.79 Å². The van der Waals surface area contributed by atoms with Crippen molar-refractivity contribution in [2.45, 2.75) is 19.0 Å². The molecule has 2 aliphatic rings. The largest absolute Gasteiger partial charge is 0.496 e. The number of aliphatic imine (C=N–C) groups is 1. The number of hydrogen-bond acceptors (Lipinski definition) is 7. The van der Waals surface area contributed by atoms with Crippen LogP contribution >= 0.6 is 11.6 Å². The van der Waals surface area contributed by atoms with Gasteiger partial charge < -0.3 is 20.3 Å². The van der Waals surface area contributed by atoms with Gasteiger partial charge in [0.2, 0.25) is 5.95 Å². The number of nitrogens with zero attached hydrogens (tertiary/aromatic N) is 4. The van der Waals surface area contributed by atoms with Crippen LogP contribution in [-0.4, -0.2) is 59.8 Å². The number of anilines is 2. The Labute approximate surface area is 242 Å². The third-order valence-electron chi connectivity index (χ3n) is 7.47. The summed E-state index contributed by atoms with van der Waals surface area (Å²) in [5.41, 5.74) is 4.94. The zero-order chi connectivity index (χ0) is 28.5. The molecule has 8 nitrogen and oxygen atoms in total. The number of nitrogens with one attached hydrogen (secondary N) is 2. The molecule has 3 heterocycles. The zero-order valence-electron chi connectivity index (χ0n) is 22.6. The molecule has 2 aliphatic heterocycles. The number of likely N-dealkylation sites (tertiary alicyclic amines) is 1. The van der Waals surface area contributed by atoms with E-state index in [0.29, 0.717) is 51.8 Å². The van der Waals surface area contributed by atoms with Crippen LogP contribution < -0.4 is 15.4 Å². The number of methoxy groups -OCH3 is 1. The highest BCUT2D eigenvalue weighted by Crippen LogP contribution is 2.36. The van der Waals surface area contributed by atoms with Crippen LogP contribution in [-0.2, 0) is 6.54 Å². The fourth-order valence-corrected chi connectivity index (χ4v) is 5.46. The number of carbonyl (C=O) groups is 1. The van der Waals surface area contributed by atoms with E-state index < -0.39 is 5.82 Å². The molecule has 0 spiro atoms. The molecular weight excluding hydrogens is 543 g/mol. The first kappa shape index (κ1) is 26.9. The molecule has 10 heteroatoms. The van der Waals surface area contributed by atoms with Gasteiger partial charge in [-0.2, -0.15) is 0 Å². The SMILES string of the molecule is CN[C@H]1CCN(C(=O)c2ccc(Nc3ncc4c(n3)-c3ccc(Cl)cc3C(c3c(F)cccc3OC)=NC4)cc2)C1. The van der Waals surface area contributed by atoms with Crippen LogP contribution in [0, 0.1) is 5.82 Å². The van der Waals surface area contributed by atoms with E-state index >= 15 is 4.39 Å². The Balaban J connectivity index is 1.30. The number of carbonyl (C=O) groups excluding carboxylic acids is 1. The molecule has 208 valence electrons. The number of rotatable bonds is 6. The van der Waals surface area contributed by atoms with Gasteiger partial charge in [0, 0.05) is 58.3 Å². The number of likely N-dealkylation sites (N-methyl/N-ethyl adjacent to an activating group) is 1. The van der Waals surface area contributed by atoms with Gasteiger partial charge in [0.1, 0.15) is 11.6 Å². The summed E-state index contributed by atoms with van der Waals surface area (Å²) in [6, 6.07) is 17.7. The van der Waals surface area contributed by atoms with Crippen molar-refractivity contribution >= 4 is 34.9 Å². The van der Waals surface area contributed by atoms with Crippen LogP contribution in [0.4, 0.5) is 16.0 Å². The predicted molar refractivity (Wildman–Crippen MR) is 158 cm³/mol. The first-order valence-electron chi connectivity index (χ1n) is 13.3. The average Bonchev–Trinajstić information content (AvgIpc) is 3.42. The summed E-state index contributed by atoms with van der Waals surface area (Å²) in [6.45, 7) is 1.70. The van der Waals surface area contributed by atoms with E-state index in [-0.39, 0.29) is 18.0 Å². The summed E-state index contributed by atoms with van der Waals surface area (Å²) in [5.74, 6) is 0.338. The molecule has 2 N–H and O–H groups in total. The molecule has 1 fully saturated rings. The summed E-state index contributed by atoms with van der Waals surface area (Å²) in [5, 5.41) is 6.97. The highest BCUT2D eigenvalue weighted by molar-refractivity contribution is 6.31. The van der Waals surface area contributed by atoms with E-state index in [1.165, 1.54) is 13.2 Å². The van der Waals surface area contributed by atoms with Crippen molar-refractivity contribution in [3.63, 3.8) is 0 Å². The maximum atomic E-state index is 15.1. The van der Waals surface area contributed by atoms with Crippen molar-refractivity contribution in [2.75, 3.05) is 32.6 Å². The lowest BCUT2D eigenvalue weighted by atomic mass is 9.94. The van der Waals surface area contributed by atoms with Crippen molar-refractivity contribution in [3.8, 4) is 17.0 Å². The minimum Gasteiger partial charge on any atom is -0.496 e. The Hall–Kier alpha value is -4.34. The second-order valence-electron chi connectivity index (χ2n) is 9.97. The van der Waals surface area contributed by atoms with Gasteiger partial charge in [-0.25, -0.2) is 14.4 Å². The van der Waals surface area contributed by atoms with Gasteiger partial charge in [0.25, 0.3) is 5.91 Å². The van der Waals surface area contributed by atoms with Crippen molar-refractivity contribution < 1.29 is 13.9 Å². The van der Waals surface area contributed by atoms with Gasteiger partial charge in [0.15, 0.2) is 0 Å². The number of aromatic nitrogens is 2. The van der Waals surface area contributed by atoms with Crippen LogP contribution in [0.1, 0.15) is 33.5 Å². The molecule has 0 bridgehead atoms. The van der Waals surface area contributed by atoms with E-state index in [2.05, 4.69) is 15.6 Å². The molecule has 1 amide bonds. The molecule has 41 heavy (non-hydrogen) atoms. The fraction of sp³-hybridized carbons (Fsp3) is 0.226. The highest BCUT2D eigenvalue weighted by atomic mass is 35.5. The van der Waals surface area contributed by atoms with Crippen molar-refractivity contribution in [1.29, 1.82) is 0 Å². The van der Waals surface area contributed by atoms with E-state index in [9.17, 15) is 4.79 Å². The normalized spacial score (nSPS) is 16.0. The van der Waals surface area contributed by atoms with E-state index in [0.717, 1.165) is 29.8 Å². The summed E-state index contributed by atoms with van der Waals surface area (Å²) in [4.78, 5) is 28.9. The Bertz CT molecular complexity index is 1660. The first-order chi connectivity index (χ1) is 19.9. The topological polar surface area (TPSA) is 91.7 Å². The molecule has 1 atom stereocenters. The molecule has 6 rings (SSSR count). The molecule has 0 radical (unpaired) electrons. The molecule has 3 aromatic carbocycles. The van der Waals surface area contributed by atoms with Crippen LogP contribution in [0.15, 0.2) is 71.9 Å². The number of amides is 1. The standard InChI is InChI=1S/C31H28ClFN6O2/c1-34-22-12-13-39(17-22)30(40)18-6-9-21(10-7-18)37-31-36-16-19-15-35-29(27-25(33)4-3-5-26(27)41-2)24-14-20(32)8-11-23(24)28(19)38-31/h3-11,14,16,22,34H,12-13,15,17H2,1-2H3,(H,36,37,38)/t22-/m0/s1. The highest BCUT2D eigenvalue weighted by Gasteiger charge is 2.27. The maximum absolute atomic E-state index is 15.1. The van der Waals surface area contributed by atoms with E-state index in [4.69, 9.17) is 26.3 Å². The van der Waals surface area contributed by atoms with Crippen LogP contribution in [0.25, 0.3) is 11.3 Å². The van der Waals surface area contributed by atoms with Crippen LogP contribution in [0.3, 0.4) is 0 Å². The summed E-state index contributed by atoms with van der Waals surface area (Å²) in [6.07, 6.45) is 2.67. The molecule has 0 aliphatic carbocycles. The van der Waals surface area contributed by atoms with E-state index in [1.54, 1.807) is 42.6 Å². The molecule has 0 saturated carbocycles. The Morgan fingerprint density at radius 2 is 1.95 bits per heavy atom. The number of fused-ring (bicyclic) bond motifs is 3. The number of hydrogen-bond donors (Lipinski definition) is 2. The molecule has 4 aromatic rings. The molecule has 0 unspecified atom stereocenters. The molecule has 1 saturated heterocycles. The first-order valence-corrected chi connectivity index (χ1v) is 13.7. The Morgan fingerprint density at radius 1 is 1.12 bits per heavy atom. The number of halogens is 2. The fourth-order valence-electron chi connectivity index (χ4n) is 5.29. The van der Waals surface area contributed by atoms with Gasteiger partial charge in [-0.05, 0) is 62.0 Å². The Kier molecular flexibility index (Phi) is 7.38. The van der Waals surface area contributed by atoms with Gasteiger partial charge in [-0.1, -0.05) is 23.7 Å². The smallest absolute Gasteiger partial charge is 0.253 e.